The molecule has 0 bridgehead atoms. The van der Waals surface area contributed by atoms with E-state index < -0.39 is 0 Å². The Morgan fingerprint density at radius 3 is 2.63 bits per heavy atom. The van der Waals surface area contributed by atoms with E-state index in [1.54, 1.807) is 0 Å². The third-order valence-electron chi connectivity index (χ3n) is 5.60. The zero-order chi connectivity index (χ0) is 18.8. The van der Waals surface area contributed by atoms with Gasteiger partial charge in [0, 0.05) is 24.2 Å². The van der Waals surface area contributed by atoms with E-state index in [1.165, 1.54) is 6.42 Å². The van der Waals surface area contributed by atoms with Gasteiger partial charge < -0.3 is 4.90 Å². The van der Waals surface area contributed by atoms with Crippen LogP contribution < -0.4 is 0 Å². The van der Waals surface area contributed by atoms with Crippen LogP contribution in [-0.4, -0.2) is 28.9 Å². The Labute approximate surface area is 161 Å². The first kappa shape index (κ1) is 17.7. The summed E-state index contributed by atoms with van der Waals surface area (Å²) in [7, 11) is 0. The van der Waals surface area contributed by atoms with E-state index in [0.29, 0.717) is 12.3 Å². The minimum absolute atomic E-state index is 0.221. The second-order valence-corrected chi connectivity index (χ2v) is 7.70. The van der Waals surface area contributed by atoms with Crippen LogP contribution in [0.3, 0.4) is 0 Å². The van der Waals surface area contributed by atoms with Crippen LogP contribution in [-0.2, 0) is 11.2 Å². The number of likely N-dealkylation sites (tertiary alicyclic amines) is 1. The van der Waals surface area contributed by atoms with E-state index >= 15 is 0 Å². The maximum Gasteiger partial charge on any atom is 0.227 e. The average Bonchev–Trinajstić information content (AvgIpc) is 2.69. The van der Waals surface area contributed by atoms with Gasteiger partial charge in [-0.2, -0.15) is 0 Å². The van der Waals surface area contributed by atoms with Gasteiger partial charge in [0.2, 0.25) is 5.91 Å². The number of benzene rings is 2. The van der Waals surface area contributed by atoms with Crippen LogP contribution in [0, 0.1) is 12.8 Å². The number of pyridine rings is 1. The Morgan fingerprint density at radius 1 is 1.11 bits per heavy atom. The van der Waals surface area contributed by atoms with Crippen molar-refractivity contribution in [1.29, 1.82) is 0 Å². The molecule has 1 aliphatic heterocycles. The molecule has 4 rings (SSSR count). The molecule has 3 nitrogen and oxygen atoms in total. The number of carbonyl (C=O) groups is 1. The minimum atomic E-state index is 0.221. The van der Waals surface area contributed by atoms with Crippen molar-refractivity contribution < 1.29 is 4.79 Å². The second-order valence-electron chi connectivity index (χ2n) is 7.70. The Morgan fingerprint density at radius 2 is 1.85 bits per heavy atom. The molecular formula is C24H26N2O. The van der Waals surface area contributed by atoms with Crippen molar-refractivity contribution in [3.8, 4) is 11.1 Å². The number of aromatic nitrogens is 1. The maximum absolute atomic E-state index is 13.1. The largest absolute Gasteiger partial charge is 0.342 e. The van der Waals surface area contributed by atoms with Gasteiger partial charge in [-0.3, -0.25) is 9.78 Å². The number of hydrogen-bond acceptors (Lipinski definition) is 2. The fourth-order valence-electron chi connectivity index (χ4n) is 4.20. The Balaban J connectivity index is 1.80. The molecule has 0 aliphatic carbocycles. The Kier molecular flexibility index (Phi) is 4.93. The smallest absolute Gasteiger partial charge is 0.227 e. The predicted molar refractivity (Wildman–Crippen MR) is 111 cm³/mol. The lowest BCUT2D eigenvalue weighted by Crippen LogP contribution is -2.40. The van der Waals surface area contributed by atoms with Crippen molar-refractivity contribution in [2.75, 3.05) is 13.1 Å². The molecule has 0 spiro atoms. The van der Waals surface area contributed by atoms with Gasteiger partial charge in [0.1, 0.15) is 0 Å². The van der Waals surface area contributed by atoms with Crippen LogP contribution in [0.4, 0.5) is 0 Å². The summed E-state index contributed by atoms with van der Waals surface area (Å²) in [4.78, 5) is 19.9. The zero-order valence-corrected chi connectivity index (χ0v) is 16.1. The van der Waals surface area contributed by atoms with Gasteiger partial charge >= 0.3 is 0 Å². The SMILES string of the molecule is Cc1nc2ccccc2c(-c2ccccc2)c1CC(=O)N1CCCC(C)C1. The first-order valence-electron chi connectivity index (χ1n) is 9.85. The molecule has 1 aliphatic rings. The molecule has 138 valence electrons. The highest BCUT2D eigenvalue weighted by molar-refractivity contribution is 5.98. The highest BCUT2D eigenvalue weighted by Crippen LogP contribution is 2.33. The number of rotatable bonds is 3. The van der Waals surface area contributed by atoms with E-state index in [2.05, 4.69) is 37.3 Å². The van der Waals surface area contributed by atoms with Crippen LogP contribution in [0.25, 0.3) is 22.0 Å². The highest BCUT2D eigenvalue weighted by atomic mass is 16.2. The lowest BCUT2D eigenvalue weighted by molar-refractivity contribution is -0.132. The predicted octanol–water partition coefficient (Wildman–Crippen LogP) is 5.01. The minimum Gasteiger partial charge on any atom is -0.342 e. The molecule has 1 atom stereocenters. The molecule has 3 heteroatoms. The van der Waals surface area contributed by atoms with Gasteiger partial charge in [0.15, 0.2) is 0 Å². The van der Waals surface area contributed by atoms with Crippen LogP contribution >= 0.6 is 0 Å². The van der Waals surface area contributed by atoms with E-state index in [-0.39, 0.29) is 5.91 Å². The fraction of sp³-hybridized carbons (Fsp3) is 0.333. The summed E-state index contributed by atoms with van der Waals surface area (Å²) in [6.07, 6.45) is 2.74. The van der Waals surface area contributed by atoms with Gasteiger partial charge in [-0.15, -0.1) is 0 Å². The number of hydrogen-bond donors (Lipinski definition) is 0. The summed E-state index contributed by atoms with van der Waals surface area (Å²) in [5.41, 5.74) is 5.29. The Bertz CT molecular complexity index is 965. The highest BCUT2D eigenvalue weighted by Gasteiger charge is 2.23. The lowest BCUT2D eigenvalue weighted by Gasteiger charge is -2.31. The van der Waals surface area contributed by atoms with Crippen molar-refractivity contribution in [1.82, 2.24) is 9.88 Å². The average molecular weight is 358 g/mol. The zero-order valence-electron chi connectivity index (χ0n) is 16.1. The van der Waals surface area contributed by atoms with Crippen molar-refractivity contribution >= 4 is 16.8 Å². The number of nitrogens with zero attached hydrogens (tertiary/aromatic N) is 2. The van der Waals surface area contributed by atoms with Crippen LogP contribution in [0.5, 0.6) is 0 Å². The maximum atomic E-state index is 13.1. The summed E-state index contributed by atoms with van der Waals surface area (Å²) in [5.74, 6) is 0.811. The molecule has 0 N–H and O–H groups in total. The third kappa shape index (κ3) is 3.59. The number of para-hydroxylation sites is 1. The topological polar surface area (TPSA) is 33.2 Å². The molecule has 1 aromatic heterocycles. The molecule has 0 radical (unpaired) electrons. The molecule has 3 aromatic rings. The van der Waals surface area contributed by atoms with Crippen molar-refractivity contribution in [2.24, 2.45) is 5.92 Å². The summed E-state index contributed by atoms with van der Waals surface area (Å²) < 4.78 is 0. The fourth-order valence-corrected chi connectivity index (χ4v) is 4.20. The van der Waals surface area contributed by atoms with Crippen LogP contribution in [0.15, 0.2) is 54.6 Å². The van der Waals surface area contributed by atoms with Crippen LogP contribution in [0.2, 0.25) is 0 Å². The summed E-state index contributed by atoms with van der Waals surface area (Å²) >= 11 is 0. The van der Waals surface area contributed by atoms with Gasteiger partial charge in [0.25, 0.3) is 0 Å². The van der Waals surface area contributed by atoms with E-state index in [9.17, 15) is 4.79 Å². The number of fused-ring (bicyclic) bond motifs is 1. The monoisotopic (exact) mass is 358 g/mol. The van der Waals surface area contributed by atoms with Gasteiger partial charge in [-0.25, -0.2) is 0 Å². The lowest BCUT2D eigenvalue weighted by atomic mass is 9.92. The van der Waals surface area contributed by atoms with Crippen LogP contribution in [0.1, 0.15) is 31.0 Å². The molecular weight excluding hydrogens is 332 g/mol. The summed E-state index contributed by atoms with van der Waals surface area (Å²) in [5, 5.41) is 1.11. The molecule has 1 amide bonds. The van der Waals surface area contributed by atoms with E-state index in [0.717, 1.165) is 52.8 Å². The molecule has 1 fully saturated rings. The standard InChI is InChI=1S/C24H26N2O/c1-17-9-8-14-26(16-17)23(27)15-21-18(2)25-22-13-7-6-12-20(22)24(21)19-10-4-3-5-11-19/h3-7,10-13,17H,8-9,14-16H2,1-2H3. The number of carbonyl (C=O) groups excluding carboxylic acids is 1. The van der Waals surface area contributed by atoms with Crippen molar-refractivity contribution in [3.05, 3.63) is 65.9 Å². The van der Waals surface area contributed by atoms with Crippen molar-refractivity contribution in [3.63, 3.8) is 0 Å². The molecule has 0 saturated carbocycles. The molecule has 2 aromatic carbocycles. The quantitative estimate of drug-likeness (QED) is 0.659. The normalized spacial score (nSPS) is 17.3. The number of amides is 1. The van der Waals surface area contributed by atoms with E-state index in [1.807, 2.05) is 36.1 Å². The van der Waals surface area contributed by atoms with Crippen molar-refractivity contribution in [2.45, 2.75) is 33.1 Å². The Hall–Kier alpha value is -2.68. The second kappa shape index (κ2) is 7.51. The first-order valence-corrected chi connectivity index (χ1v) is 9.85. The summed E-state index contributed by atoms with van der Waals surface area (Å²) in [6, 6.07) is 18.6. The van der Waals surface area contributed by atoms with Gasteiger partial charge in [-0.1, -0.05) is 55.5 Å². The van der Waals surface area contributed by atoms with Gasteiger partial charge in [0.05, 0.1) is 11.9 Å². The van der Waals surface area contributed by atoms with E-state index in [4.69, 9.17) is 4.98 Å². The first-order chi connectivity index (χ1) is 13.1. The third-order valence-corrected chi connectivity index (χ3v) is 5.60. The molecule has 1 saturated heterocycles. The molecule has 1 unspecified atom stereocenters. The molecule has 27 heavy (non-hydrogen) atoms. The number of piperidine rings is 1. The van der Waals surface area contributed by atoms with Gasteiger partial charge in [-0.05, 0) is 48.4 Å². The molecule has 2 heterocycles. The summed E-state index contributed by atoms with van der Waals surface area (Å²) in [6.45, 7) is 6.02. The number of aryl methyl sites for hydroxylation is 1.